The summed E-state index contributed by atoms with van der Waals surface area (Å²) in [5, 5.41) is 11.7. The number of benzene rings is 2. The number of carbonyl (C=O) groups excluding carboxylic acids is 2. The van der Waals surface area contributed by atoms with Crippen LogP contribution in [0.5, 0.6) is 5.75 Å². The van der Waals surface area contributed by atoms with Crippen LogP contribution in [0.2, 0.25) is 5.02 Å². The molecule has 1 aliphatic rings. The minimum Gasteiger partial charge on any atom is -0.480 e. The molecule has 2 aromatic carbocycles. The molecule has 0 spiro atoms. The first-order valence-corrected chi connectivity index (χ1v) is 9.97. The number of carbonyl (C=O) groups is 3. The van der Waals surface area contributed by atoms with Crippen LogP contribution in [0.25, 0.3) is 6.08 Å². The third-order valence-electron chi connectivity index (χ3n) is 3.62. The first-order valence-electron chi connectivity index (χ1n) is 7.72. The topological polar surface area (TPSA) is 95.9 Å². The second kappa shape index (κ2) is 8.50. The predicted octanol–water partition coefficient (Wildman–Crippen LogP) is 4.27. The molecule has 2 N–H and O–H groups in total. The van der Waals surface area contributed by atoms with Crippen molar-refractivity contribution in [2.24, 2.45) is 0 Å². The van der Waals surface area contributed by atoms with Crippen LogP contribution in [-0.4, -0.2) is 29.6 Å². The van der Waals surface area contributed by atoms with Crippen molar-refractivity contribution in [3.8, 4) is 5.75 Å². The van der Waals surface area contributed by atoms with Crippen molar-refractivity contribution in [1.82, 2.24) is 5.32 Å². The van der Waals surface area contributed by atoms with Crippen LogP contribution in [0.15, 0.2) is 46.6 Å². The third-order valence-corrected chi connectivity index (χ3v) is 5.24. The Morgan fingerprint density at radius 2 is 2.07 bits per heavy atom. The zero-order valence-electron chi connectivity index (χ0n) is 13.9. The summed E-state index contributed by atoms with van der Waals surface area (Å²) in [4.78, 5) is 36.6. The second-order valence-corrected chi connectivity index (χ2v) is 8.06. The van der Waals surface area contributed by atoms with Crippen molar-refractivity contribution in [2.45, 2.75) is 0 Å². The number of nitrogens with zero attached hydrogens (tertiary/aromatic N) is 1. The Bertz CT molecular complexity index is 1000. The smallest absolute Gasteiger partial charge is 0.341 e. The van der Waals surface area contributed by atoms with Crippen molar-refractivity contribution in [3.05, 3.63) is 60.7 Å². The average Bonchev–Trinajstić information content (AvgIpc) is 2.87. The van der Waals surface area contributed by atoms with Gasteiger partial charge in [0.2, 0.25) is 0 Å². The average molecular weight is 578 g/mol. The number of imide groups is 1. The maximum absolute atomic E-state index is 12.7. The first kappa shape index (κ1) is 20.6. The minimum absolute atomic E-state index is 0.104. The van der Waals surface area contributed by atoms with Gasteiger partial charge in [-0.05, 0) is 80.5 Å². The number of rotatable bonds is 5. The molecule has 3 amide bonds. The number of aliphatic carboxylic acids is 1. The van der Waals surface area contributed by atoms with Crippen molar-refractivity contribution < 1.29 is 24.2 Å². The van der Waals surface area contributed by atoms with E-state index in [9.17, 15) is 14.4 Å². The van der Waals surface area contributed by atoms with Gasteiger partial charge >= 0.3 is 12.0 Å². The lowest BCUT2D eigenvalue weighted by Crippen LogP contribution is -2.30. The Labute approximate surface area is 186 Å². The van der Waals surface area contributed by atoms with Crippen LogP contribution < -0.4 is 15.0 Å². The van der Waals surface area contributed by atoms with E-state index in [0.717, 1.165) is 4.90 Å². The highest BCUT2D eigenvalue weighted by atomic mass is 127. The molecule has 1 fully saturated rings. The molecule has 28 heavy (non-hydrogen) atoms. The van der Waals surface area contributed by atoms with Crippen molar-refractivity contribution in [1.29, 1.82) is 0 Å². The summed E-state index contributed by atoms with van der Waals surface area (Å²) in [5.41, 5.74) is 1.09. The quantitative estimate of drug-likeness (QED) is 0.315. The third kappa shape index (κ3) is 4.47. The number of amides is 3. The normalized spacial score (nSPS) is 15.1. The van der Waals surface area contributed by atoms with Gasteiger partial charge in [0, 0.05) is 5.02 Å². The van der Waals surface area contributed by atoms with Crippen LogP contribution >= 0.6 is 50.1 Å². The van der Waals surface area contributed by atoms with Crippen molar-refractivity contribution >= 4 is 79.8 Å². The summed E-state index contributed by atoms with van der Waals surface area (Å²) >= 11 is 11.3. The number of nitrogens with one attached hydrogen (secondary N) is 1. The maximum atomic E-state index is 12.7. The van der Waals surface area contributed by atoms with Gasteiger partial charge in [0.15, 0.2) is 6.61 Å². The highest BCUT2D eigenvalue weighted by Gasteiger charge is 2.35. The highest BCUT2D eigenvalue weighted by molar-refractivity contribution is 14.1. The molecule has 0 radical (unpaired) electrons. The molecule has 0 saturated carbocycles. The number of carboxylic acids is 1. The van der Waals surface area contributed by atoms with Crippen molar-refractivity contribution in [2.75, 3.05) is 11.5 Å². The van der Waals surface area contributed by atoms with Gasteiger partial charge in [-0.3, -0.25) is 4.79 Å². The first-order chi connectivity index (χ1) is 13.3. The number of carboxylic acid groups (broad SMARTS) is 1. The lowest BCUT2D eigenvalue weighted by molar-refractivity contribution is -0.139. The van der Waals surface area contributed by atoms with Crippen LogP contribution in [-0.2, 0) is 9.59 Å². The molecular weight excluding hydrogens is 566 g/mol. The van der Waals surface area contributed by atoms with E-state index in [2.05, 4.69) is 21.2 Å². The number of hydrogen-bond acceptors (Lipinski definition) is 4. The van der Waals surface area contributed by atoms with Gasteiger partial charge in [-0.25, -0.2) is 14.5 Å². The van der Waals surface area contributed by atoms with E-state index in [0.29, 0.717) is 30.1 Å². The Morgan fingerprint density at radius 3 is 2.71 bits per heavy atom. The molecule has 144 valence electrons. The van der Waals surface area contributed by atoms with Crippen LogP contribution in [0.4, 0.5) is 10.5 Å². The lowest BCUT2D eigenvalue weighted by Gasteiger charge is -2.11. The molecule has 0 bridgehead atoms. The fraction of sp³-hybridized carbons (Fsp3) is 0.0556. The highest BCUT2D eigenvalue weighted by Crippen LogP contribution is 2.33. The second-order valence-electron chi connectivity index (χ2n) is 5.60. The minimum atomic E-state index is -1.09. The molecule has 10 heteroatoms. The Hall–Kier alpha value is -2.11. The fourth-order valence-corrected chi connectivity index (χ4v) is 4.44. The van der Waals surface area contributed by atoms with Crippen LogP contribution in [0, 0.1) is 3.57 Å². The maximum Gasteiger partial charge on any atom is 0.341 e. The van der Waals surface area contributed by atoms with Gasteiger partial charge in [0.1, 0.15) is 11.4 Å². The number of urea groups is 1. The number of anilines is 1. The predicted molar refractivity (Wildman–Crippen MR) is 115 cm³/mol. The molecule has 1 heterocycles. The summed E-state index contributed by atoms with van der Waals surface area (Å²) in [6.45, 7) is -0.474. The number of halogens is 3. The lowest BCUT2D eigenvalue weighted by atomic mass is 10.2. The number of hydrogen-bond donors (Lipinski definition) is 2. The molecule has 7 nitrogen and oxygen atoms in total. The largest absolute Gasteiger partial charge is 0.480 e. The van der Waals surface area contributed by atoms with Gasteiger partial charge < -0.3 is 15.2 Å². The van der Waals surface area contributed by atoms with Gasteiger partial charge in [-0.15, -0.1) is 0 Å². The number of ether oxygens (including phenoxy) is 1. The van der Waals surface area contributed by atoms with E-state index < -0.39 is 24.5 Å². The van der Waals surface area contributed by atoms with E-state index in [1.165, 1.54) is 12.1 Å². The zero-order valence-corrected chi connectivity index (χ0v) is 18.4. The van der Waals surface area contributed by atoms with Gasteiger partial charge in [-0.1, -0.05) is 17.7 Å². The summed E-state index contributed by atoms with van der Waals surface area (Å²) in [6.07, 6.45) is 1.53. The molecule has 0 aromatic heterocycles. The fourth-order valence-electron chi connectivity index (χ4n) is 2.49. The van der Waals surface area contributed by atoms with Crippen LogP contribution in [0.1, 0.15) is 5.56 Å². The summed E-state index contributed by atoms with van der Waals surface area (Å²) in [6, 6.07) is 9.22. The zero-order chi connectivity index (χ0) is 20.4. The van der Waals surface area contributed by atoms with Gasteiger partial charge in [0.05, 0.1) is 13.7 Å². The Balaban J connectivity index is 1.89. The Kier molecular flexibility index (Phi) is 6.26. The molecule has 3 rings (SSSR count). The molecule has 0 atom stereocenters. The molecule has 2 aromatic rings. The molecule has 0 unspecified atom stereocenters. The van der Waals surface area contributed by atoms with E-state index in [1.54, 1.807) is 30.3 Å². The standard InChI is InChI=1S/C18H11BrClIN2O5/c19-12-4-9(5-13(21)16(12)28-8-15(24)25)6-14-17(26)23(18(27)22-14)11-3-1-2-10(20)7-11/h1-7H,8H2,(H,22,27)(H,24,25)/b14-6+. The van der Waals surface area contributed by atoms with Gasteiger partial charge in [0.25, 0.3) is 5.91 Å². The van der Waals surface area contributed by atoms with E-state index in [-0.39, 0.29) is 5.70 Å². The summed E-state index contributed by atoms with van der Waals surface area (Å²) in [5.74, 6) is -1.22. The van der Waals surface area contributed by atoms with Gasteiger partial charge in [-0.2, -0.15) is 0 Å². The molecule has 0 aliphatic carbocycles. The van der Waals surface area contributed by atoms with E-state index in [1.807, 2.05) is 22.6 Å². The molecule has 1 saturated heterocycles. The summed E-state index contributed by atoms with van der Waals surface area (Å²) in [7, 11) is 0. The SMILES string of the molecule is O=C(O)COc1c(Br)cc(/C=C2/NC(=O)N(c3cccc(Cl)c3)C2=O)cc1I. The van der Waals surface area contributed by atoms with E-state index in [4.69, 9.17) is 21.4 Å². The Morgan fingerprint density at radius 1 is 1.32 bits per heavy atom. The monoisotopic (exact) mass is 576 g/mol. The summed E-state index contributed by atoms with van der Waals surface area (Å²) < 4.78 is 6.41. The van der Waals surface area contributed by atoms with Crippen molar-refractivity contribution in [3.63, 3.8) is 0 Å². The molecule has 1 aliphatic heterocycles. The van der Waals surface area contributed by atoms with Crippen LogP contribution in [0.3, 0.4) is 0 Å². The molecular formula is C18H11BrClIN2O5. The van der Waals surface area contributed by atoms with E-state index >= 15 is 0 Å².